The van der Waals surface area contributed by atoms with E-state index in [1.165, 1.54) is 6.07 Å². The zero-order chi connectivity index (χ0) is 17.0. The van der Waals surface area contributed by atoms with Crippen molar-refractivity contribution in [2.24, 2.45) is 10.8 Å². The molecule has 1 aromatic rings. The summed E-state index contributed by atoms with van der Waals surface area (Å²) in [6.45, 7) is 7.27. The van der Waals surface area contributed by atoms with Crippen molar-refractivity contribution in [2.45, 2.75) is 19.9 Å². The summed E-state index contributed by atoms with van der Waals surface area (Å²) in [5.41, 5.74) is 7.83. The molecule has 0 amide bonds. The smallest absolute Gasteiger partial charge is 0.184 e. The van der Waals surface area contributed by atoms with Crippen LogP contribution in [0.25, 0.3) is 0 Å². The van der Waals surface area contributed by atoms with Crippen molar-refractivity contribution in [1.29, 1.82) is 0 Å². The van der Waals surface area contributed by atoms with Crippen LogP contribution in [0.1, 0.15) is 19.4 Å². The van der Waals surface area contributed by atoms with Gasteiger partial charge in [-0.1, -0.05) is 0 Å². The van der Waals surface area contributed by atoms with E-state index in [2.05, 4.69) is 41.5 Å². The van der Waals surface area contributed by atoms with Gasteiger partial charge in [0.2, 0.25) is 0 Å². The molecule has 0 saturated carbocycles. The number of anilines is 1. The molecule has 23 heavy (non-hydrogen) atoms. The molecule has 0 radical (unpaired) electrons. The van der Waals surface area contributed by atoms with E-state index in [-0.39, 0.29) is 16.4 Å². The number of thiocarbonyl (C=S) groups is 1. The van der Waals surface area contributed by atoms with Gasteiger partial charge in [-0.05, 0) is 38.2 Å². The average Bonchev–Trinajstić information content (AvgIpc) is 2.51. The highest BCUT2D eigenvalue weighted by atomic mass is 32.1. The van der Waals surface area contributed by atoms with E-state index >= 15 is 0 Å². The largest absolute Gasteiger partial charge is 0.375 e. The van der Waals surface area contributed by atoms with Crippen molar-refractivity contribution in [3.05, 3.63) is 29.3 Å². The minimum absolute atomic E-state index is 0.0378. The molecule has 0 aliphatic carbocycles. The molecule has 2 rings (SSSR count). The number of hydrogen-bond acceptors (Lipinski definition) is 4. The van der Waals surface area contributed by atoms with Crippen LogP contribution in [0.4, 0.5) is 14.5 Å². The molecule has 0 bridgehead atoms. The van der Waals surface area contributed by atoms with Crippen LogP contribution in [0.5, 0.6) is 0 Å². The SMILES string of the molecule is CC(C)N1CCN(c2ccc(/C=N/NC(N)=S)c(F)c2F)CC1. The van der Waals surface area contributed by atoms with Gasteiger partial charge in [0.15, 0.2) is 16.7 Å². The van der Waals surface area contributed by atoms with E-state index in [1.807, 2.05) is 4.90 Å². The molecule has 1 fully saturated rings. The second-order valence-electron chi connectivity index (χ2n) is 5.65. The van der Waals surface area contributed by atoms with E-state index in [0.717, 1.165) is 19.3 Å². The topological polar surface area (TPSA) is 56.9 Å². The van der Waals surface area contributed by atoms with Gasteiger partial charge < -0.3 is 10.6 Å². The van der Waals surface area contributed by atoms with Crippen molar-refractivity contribution >= 4 is 29.2 Å². The summed E-state index contributed by atoms with van der Waals surface area (Å²) in [5, 5.41) is 3.61. The van der Waals surface area contributed by atoms with Crippen LogP contribution in [0.3, 0.4) is 0 Å². The number of halogens is 2. The van der Waals surface area contributed by atoms with Gasteiger partial charge in [0.1, 0.15) is 0 Å². The highest BCUT2D eigenvalue weighted by molar-refractivity contribution is 7.80. The van der Waals surface area contributed by atoms with Crippen molar-refractivity contribution in [3.63, 3.8) is 0 Å². The lowest BCUT2D eigenvalue weighted by atomic mass is 10.1. The van der Waals surface area contributed by atoms with Gasteiger partial charge in [-0.25, -0.2) is 8.78 Å². The van der Waals surface area contributed by atoms with Crippen LogP contribution in [0.2, 0.25) is 0 Å². The second kappa shape index (κ2) is 7.65. The number of benzene rings is 1. The number of rotatable bonds is 4. The Hall–Kier alpha value is -1.80. The number of hydrazone groups is 1. The summed E-state index contributed by atoms with van der Waals surface area (Å²) in [6, 6.07) is 3.53. The second-order valence-corrected chi connectivity index (χ2v) is 6.09. The maximum Gasteiger partial charge on any atom is 0.184 e. The standard InChI is InChI=1S/C15H21F2N5S/c1-10(2)21-5-7-22(8-6-21)12-4-3-11(13(16)14(12)17)9-19-20-15(18)23/h3-4,9-10H,5-8H2,1-2H3,(H3,18,20,23)/b19-9+. The Bertz CT molecular complexity index is 598. The Morgan fingerprint density at radius 2 is 1.91 bits per heavy atom. The number of piperazine rings is 1. The molecule has 1 aliphatic heterocycles. The summed E-state index contributed by atoms with van der Waals surface area (Å²) >= 11 is 4.58. The van der Waals surface area contributed by atoms with Crippen LogP contribution in [0.15, 0.2) is 17.2 Å². The Balaban J connectivity index is 2.11. The molecule has 1 saturated heterocycles. The molecule has 0 atom stereocenters. The molecule has 0 spiro atoms. The molecule has 126 valence electrons. The molecule has 1 aliphatic rings. The number of hydrogen-bond donors (Lipinski definition) is 2. The first-order valence-electron chi connectivity index (χ1n) is 7.45. The molecule has 0 unspecified atom stereocenters. The fourth-order valence-corrected chi connectivity index (χ4v) is 2.60. The van der Waals surface area contributed by atoms with E-state index in [1.54, 1.807) is 6.07 Å². The number of nitrogens with two attached hydrogens (primary N) is 1. The summed E-state index contributed by atoms with van der Waals surface area (Å²) < 4.78 is 28.5. The molecule has 1 heterocycles. The molecule has 8 heteroatoms. The number of nitrogens with one attached hydrogen (secondary N) is 1. The quantitative estimate of drug-likeness (QED) is 0.496. The first kappa shape index (κ1) is 17.6. The van der Waals surface area contributed by atoms with Gasteiger partial charge in [0, 0.05) is 37.8 Å². The first-order chi connectivity index (χ1) is 10.9. The minimum atomic E-state index is -0.928. The monoisotopic (exact) mass is 341 g/mol. The zero-order valence-corrected chi connectivity index (χ0v) is 14.0. The van der Waals surface area contributed by atoms with E-state index in [0.29, 0.717) is 19.1 Å². The van der Waals surface area contributed by atoms with Crippen LogP contribution < -0.4 is 16.1 Å². The average molecular weight is 341 g/mol. The molecular weight excluding hydrogens is 320 g/mol. The van der Waals surface area contributed by atoms with E-state index in [4.69, 9.17) is 5.73 Å². The highest BCUT2D eigenvalue weighted by Gasteiger charge is 2.23. The van der Waals surface area contributed by atoms with Gasteiger partial charge in [0.05, 0.1) is 11.9 Å². The predicted molar refractivity (Wildman–Crippen MR) is 92.8 cm³/mol. The molecular formula is C15H21F2N5S. The normalized spacial score (nSPS) is 16.3. The van der Waals surface area contributed by atoms with Crippen LogP contribution in [-0.2, 0) is 0 Å². The lowest BCUT2D eigenvalue weighted by Crippen LogP contribution is -2.49. The van der Waals surface area contributed by atoms with Gasteiger partial charge in [-0.3, -0.25) is 10.3 Å². The van der Waals surface area contributed by atoms with Crippen LogP contribution in [-0.4, -0.2) is 48.4 Å². The van der Waals surface area contributed by atoms with Crippen molar-refractivity contribution in [1.82, 2.24) is 10.3 Å². The maximum absolute atomic E-state index is 14.3. The Morgan fingerprint density at radius 1 is 1.26 bits per heavy atom. The highest BCUT2D eigenvalue weighted by Crippen LogP contribution is 2.25. The summed E-state index contributed by atoms with van der Waals surface area (Å²) in [6.07, 6.45) is 1.15. The van der Waals surface area contributed by atoms with Crippen molar-refractivity contribution < 1.29 is 8.78 Å². The zero-order valence-electron chi connectivity index (χ0n) is 13.2. The third-order valence-electron chi connectivity index (χ3n) is 3.86. The van der Waals surface area contributed by atoms with Crippen LogP contribution >= 0.6 is 12.2 Å². The van der Waals surface area contributed by atoms with Crippen molar-refractivity contribution in [3.8, 4) is 0 Å². The maximum atomic E-state index is 14.3. The molecule has 5 nitrogen and oxygen atoms in total. The summed E-state index contributed by atoms with van der Waals surface area (Å²) in [5.74, 6) is -1.79. The van der Waals surface area contributed by atoms with Gasteiger partial charge in [0.25, 0.3) is 0 Å². The van der Waals surface area contributed by atoms with E-state index < -0.39 is 11.6 Å². The van der Waals surface area contributed by atoms with Crippen molar-refractivity contribution in [2.75, 3.05) is 31.1 Å². The molecule has 0 aromatic heterocycles. The Labute approximate surface area is 140 Å². The third kappa shape index (κ3) is 4.35. The first-order valence-corrected chi connectivity index (χ1v) is 7.86. The minimum Gasteiger partial charge on any atom is -0.375 e. The fourth-order valence-electron chi connectivity index (χ4n) is 2.54. The lowest BCUT2D eigenvalue weighted by molar-refractivity contribution is 0.209. The number of nitrogens with zero attached hydrogens (tertiary/aromatic N) is 3. The van der Waals surface area contributed by atoms with Gasteiger partial charge in [-0.2, -0.15) is 5.10 Å². The van der Waals surface area contributed by atoms with E-state index in [9.17, 15) is 8.78 Å². The summed E-state index contributed by atoms with van der Waals surface area (Å²) in [7, 11) is 0. The summed E-state index contributed by atoms with van der Waals surface area (Å²) in [4.78, 5) is 4.18. The van der Waals surface area contributed by atoms with Crippen LogP contribution in [0, 0.1) is 11.6 Å². The Morgan fingerprint density at radius 3 is 2.48 bits per heavy atom. The predicted octanol–water partition coefficient (Wildman–Crippen LogP) is 1.66. The third-order valence-corrected chi connectivity index (χ3v) is 3.95. The van der Waals surface area contributed by atoms with Gasteiger partial charge >= 0.3 is 0 Å². The lowest BCUT2D eigenvalue weighted by Gasteiger charge is -2.38. The molecule has 3 N–H and O–H groups in total. The molecule has 1 aromatic carbocycles. The van der Waals surface area contributed by atoms with Gasteiger partial charge in [-0.15, -0.1) is 0 Å². The Kier molecular flexibility index (Phi) is 5.84. The fraction of sp³-hybridized carbons (Fsp3) is 0.467.